The first-order valence-electron chi connectivity index (χ1n) is 18.1. The average molecular weight is 679 g/mol. The van der Waals surface area contributed by atoms with Crippen LogP contribution in [0, 0.1) is 25.6 Å². The van der Waals surface area contributed by atoms with Crippen molar-refractivity contribution in [1.82, 2.24) is 19.4 Å². The second kappa shape index (κ2) is 26.3. The van der Waals surface area contributed by atoms with Gasteiger partial charge in [0.25, 0.3) is 0 Å². The number of aliphatic hydroxyl groups is 1. The molecule has 0 bridgehead atoms. The van der Waals surface area contributed by atoms with Gasteiger partial charge in [0.1, 0.15) is 28.8 Å². The number of hydrogen-bond donors (Lipinski definition) is 1. The summed E-state index contributed by atoms with van der Waals surface area (Å²) in [5.41, 5.74) is 3.53. The number of halogens is 1. The molecule has 3 aromatic rings. The normalized spacial score (nSPS) is 11.2. The molecule has 0 fully saturated rings. The van der Waals surface area contributed by atoms with Gasteiger partial charge in [-0.3, -0.25) is 0 Å². The van der Waals surface area contributed by atoms with E-state index in [1.54, 1.807) is 18.2 Å². The number of benzene rings is 2. The van der Waals surface area contributed by atoms with Gasteiger partial charge in [-0.2, -0.15) is 0 Å². The Morgan fingerprint density at radius 2 is 1.45 bits per heavy atom. The number of unbranched alkanes of at least 4 members (excludes halogenated alkanes) is 1. The van der Waals surface area contributed by atoms with Crippen molar-refractivity contribution in [3.8, 4) is 30.0 Å². The third kappa shape index (κ3) is 16.1. The van der Waals surface area contributed by atoms with E-state index in [-0.39, 0.29) is 11.6 Å². The maximum Gasteiger partial charge on any atom is 0.141 e. The molecule has 1 aromatic heterocycles. The van der Waals surface area contributed by atoms with Gasteiger partial charge in [0.15, 0.2) is 0 Å². The molecule has 1 heterocycles. The predicted molar refractivity (Wildman–Crippen MR) is 205 cm³/mol. The number of rotatable bonds is 21. The van der Waals surface area contributed by atoms with Gasteiger partial charge in [-0.15, -0.1) is 12.8 Å². The summed E-state index contributed by atoms with van der Waals surface area (Å²) in [6.07, 6.45) is 14.7. The highest BCUT2D eigenvalue weighted by Gasteiger charge is 2.18. The van der Waals surface area contributed by atoms with Crippen LogP contribution in [-0.2, 0) is 17.7 Å². The SMILES string of the molecule is C#C.CCCCn1c(-c2ccc(OCCc3ccc(F)cc3)cc2)nc(/C(O)=C\COCCCN(CC)CC)c1C.CCCN(CC)CC. The minimum atomic E-state index is -0.232. The van der Waals surface area contributed by atoms with Crippen LogP contribution in [0.3, 0.4) is 0 Å². The van der Waals surface area contributed by atoms with Gasteiger partial charge in [-0.05, 0) is 107 Å². The van der Waals surface area contributed by atoms with Crippen molar-refractivity contribution in [3.05, 3.63) is 77.4 Å². The third-order valence-electron chi connectivity index (χ3n) is 8.37. The molecule has 272 valence electrons. The molecule has 0 saturated carbocycles. The van der Waals surface area contributed by atoms with Gasteiger partial charge in [-0.25, -0.2) is 9.37 Å². The van der Waals surface area contributed by atoms with Crippen LogP contribution in [0.25, 0.3) is 17.1 Å². The summed E-state index contributed by atoms with van der Waals surface area (Å²) in [5, 5.41) is 10.8. The molecule has 0 amide bonds. The molecule has 0 aliphatic carbocycles. The minimum absolute atomic E-state index is 0.147. The molecule has 0 aliphatic heterocycles. The van der Waals surface area contributed by atoms with Crippen molar-refractivity contribution in [2.75, 3.05) is 59.1 Å². The summed E-state index contributed by atoms with van der Waals surface area (Å²) < 4.78 is 26.9. The van der Waals surface area contributed by atoms with E-state index in [0.29, 0.717) is 31.9 Å². The highest BCUT2D eigenvalue weighted by atomic mass is 19.1. The van der Waals surface area contributed by atoms with Crippen LogP contribution in [-0.4, -0.2) is 83.5 Å². The minimum Gasteiger partial charge on any atom is -0.506 e. The third-order valence-corrected chi connectivity index (χ3v) is 8.37. The first kappa shape index (κ1) is 43.4. The quantitative estimate of drug-likeness (QED) is 0.0689. The number of hydrogen-bond acceptors (Lipinski definition) is 6. The van der Waals surface area contributed by atoms with Crippen LogP contribution in [0.5, 0.6) is 5.75 Å². The monoisotopic (exact) mass is 678 g/mol. The van der Waals surface area contributed by atoms with E-state index in [9.17, 15) is 9.50 Å². The molecule has 1 N–H and O–H groups in total. The molecule has 0 aliphatic rings. The Hall–Kier alpha value is -3.64. The molecule has 0 saturated heterocycles. The zero-order valence-corrected chi connectivity index (χ0v) is 31.4. The molecule has 49 heavy (non-hydrogen) atoms. The number of imidazole rings is 1. The van der Waals surface area contributed by atoms with Gasteiger partial charge in [-0.1, -0.05) is 60.1 Å². The van der Waals surface area contributed by atoms with Gasteiger partial charge in [0.2, 0.25) is 0 Å². The maximum atomic E-state index is 13.1. The second-order valence-corrected chi connectivity index (χ2v) is 11.7. The molecule has 2 aromatic carbocycles. The van der Waals surface area contributed by atoms with Gasteiger partial charge < -0.3 is 28.9 Å². The lowest BCUT2D eigenvalue weighted by atomic mass is 10.1. The number of aromatic nitrogens is 2. The molecule has 8 heteroatoms. The first-order chi connectivity index (χ1) is 23.8. The van der Waals surface area contributed by atoms with E-state index >= 15 is 0 Å². The van der Waals surface area contributed by atoms with Crippen LogP contribution in [0.15, 0.2) is 54.6 Å². The van der Waals surface area contributed by atoms with Gasteiger partial charge in [0.05, 0.1) is 13.2 Å². The van der Waals surface area contributed by atoms with E-state index in [1.165, 1.54) is 38.2 Å². The zero-order valence-electron chi connectivity index (χ0n) is 31.4. The molecule has 0 spiro atoms. The van der Waals surface area contributed by atoms with Gasteiger partial charge >= 0.3 is 0 Å². The van der Waals surface area contributed by atoms with Crippen LogP contribution in [0.1, 0.15) is 84.2 Å². The maximum absolute atomic E-state index is 13.1. The summed E-state index contributed by atoms with van der Waals surface area (Å²) >= 11 is 0. The smallest absolute Gasteiger partial charge is 0.141 e. The van der Waals surface area contributed by atoms with Crippen LogP contribution in [0.2, 0.25) is 0 Å². The highest BCUT2D eigenvalue weighted by Crippen LogP contribution is 2.28. The summed E-state index contributed by atoms with van der Waals surface area (Å²) in [5.74, 6) is 1.51. The average Bonchev–Trinajstić information content (AvgIpc) is 3.47. The van der Waals surface area contributed by atoms with Crippen molar-refractivity contribution in [3.63, 3.8) is 0 Å². The number of ether oxygens (including phenoxy) is 2. The fraction of sp³-hybridized carbons (Fsp3) is 0.537. The Bertz CT molecular complexity index is 1310. The largest absolute Gasteiger partial charge is 0.506 e. The van der Waals surface area contributed by atoms with Crippen LogP contribution >= 0.6 is 0 Å². The topological polar surface area (TPSA) is 63.0 Å². The van der Waals surface area contributed by atoms with E-state index in [4.69, 9.17) is 14.5 Å². The molecule has 0 radical (unpaired) electrons. The second-order valence-electron chi connectivity index (χ2n) is 11.7. The lowest BCUT2D eigenvalue weighted by Gasteiger charge is -2.17. The summed E-state index contributed by atoms with van der Waals surface area (Å²) in [6, 6.07) is 14.4. The summed E-state index contributed by atoms with van der Waals surface area (Å²) in [6.45, 7) is 24.3. The Morgan fingerprint density at radius 3 is 2.00 bits per heavy atom. The standard InChI is InChI=1S/C32H44FN3O3.C7H17N.C2H2/c1-5-8-21-36-25(4)31(30(37)19-23-38-22-9-20-35(6-2)7-3)34-32(36)27-12-16-29(17-13-27)39-24-18-26-10-14-28(33)15-11-26;1-4-7-8(5-2)6-3;1-2/h10-17,19,37H,5-9,18,20-24H2,1-4H3;4-7H2,1-3H3;1-2H/b30-19+;;. The van der Waals surface area contributed by atoms with E-state index in [2.05, 4.69) is 68.8 Å². The van der Waals surface area contributed by atoms with Crippen molar-refractivity contribution >= 4 is 5.76 Å². The molecular formula is C41H63FN4O3. The fourth-order valence-corrected chi connectivity index (χ4v) is 5.33. The molecule has 7 nitrogen and oxygen atoms in total. The van der Waals surface area contributed by atoms with Crippen molar-refractivity contribution in [1.29, 1.82) is 0 Å². The van der Waals surface area contributed by atoms with Crippen molar-refractivity contribution < 1.29 is 19.0 Å². The predicted octanol–water partition coefficient (Wildman–Crippen LogP) is 9.05. The van der Waals surface area contributed by atoms with E-state index < -0.39 is 0 Å². The number of terminal acetylenes is 1. The number of aliphatic hydroxyl groups excluding tert-OH is 1. The first-order valence-corrected chi connectivity index (χ1v) is 18.1. The fourth-order valence-electron chi connectivity index (χ4n) is 5.33. The van der Waals surface area contributed by atoms with E-state index in [0.717, 1.165) is 73.8 Å². The Balaban J connectivity index is 0.00000105. The Labute approximate surface area is 297 Å². The van der Waals surface area contributed by atoms with Crippen LogP contribution in [0.4, 0.5) is 4.39 Å². The van der Waals surface area contributed by atoms with Crippen LogP contribution < -0.4 is 4.74 Å². The highest BCUT2D eigenvalue weighted by molar-refractivity contribution is 5.65. The Morgan fingerprint density at radius 1 is 0.837 bits per heavy atom. The number of nitrogens with zero attached hydrogens (tertiary/aromatic N) is 4. The molecule has 3 rings (SSSR count). The van der Waals surface area contributed by atoms with Crippen molar-refractivity contribution in [2.24, 2.45) is 0 Å². The Kier molecular flexibility index (Phi) is 23.2. The van der Waals surface area contributed by atoms with Gasteiger partial charge in [0, 0.05) is 37.4 Å². The lowest BCUT2D eigenvalue weighted by molar-refractivity contribution is 0.145. The molecule has 0 unspecified atom stereocenters. The summed E-state index contributed by atoms with van der Waals surface area (Å²) in [7, 11) is 0. The zero-order chi connectivity index (χ0) is 36.4. The summed E-state index contributed by atoms with van der Waals surface area (Å²) in [4.78, 5) is 9.65. The lowest BCUT2D eigenvalue weighted by Crippen LogP contribution is -2.24. The van der Waals surface area contributed by atoms with E-state index in [1.807, 2.05) is 31.2 Å². The molecular weight excluding hydrogens is 615 g/mol. The van der Waals surface area contributed by atoms with Crippen molar-refractivity contribution in [2.45, 2.75) is 87.1 Å². The molecule has 0 atom stereocenters.